The maximum absolute atomic E-state index is 15.1. The smallest absolute Gasteiger partial charge is 0.320 e. The van der Waals surface area contributed by atoms with Gasteiger partial charge in [0.25, 0.3) is 5.91 Å². The molecule has 0 bridgehead atoms. The molecule has 2 atom stereocenters. The number of primary amides is 1. The van der Waals surface area contributed by atoms with Gasteiger partial charge in [0.2, 0.25) is 11.8 Å². The second-order valence-corrected chi connectivity index (χ2v) is 15.8. The second-order valence-electron chi connectivity index (χ2n) is 15.8. The van der Waals surface area contributed by atoms with Crippen molar-refractivity contribution in [1.82, 2.24) is 30.0 Å². The fourth-order valence-corrected chi connectivity index (χ4v) is 8.96. The number of nitrogens with one attached hydrogen (secondary N) is 2. The van der Waals surface area contributed by atoms with Gasteiger partial charge in [-0.2, -0.15) is 0 Å². The first-order valence-electron chi connectivity index (χ1n) is 19.6. The van der Waals surface area contributed by atoms with Crippen molar-refractivity contribution in [3.8, 4) is 0 Å². The van der Waals surface area contributed by atoms with Gasteiger partial charge >= 0.3 is 6.03 Å². The Bertz CT molecular complexity index is 1980. The zero-order valence-corrected chi connectivity index (χ0v) is 31.6. The molecule has 296 valence electrons. The van der Waals surface area contributed by atoms with Crippen molar-refractivity contribution in [3.63, 3.8) is 0 Å². The molecule has 0 unspecified atom stereocenters. The maximum Gasteiger partial charge on any atom is 0.320 e. The number of benzene rings is 2. The van der Waals surface area contributed by atoms with Crippen LogP contribution in [0.3, 0.4) is 0 Å². The molecule has 16 heteroatoms. The quantitative estimate of drug-likeness (QED) is 0.259. The molecule has 5 saturated heterocycles. The van der Waals surface area contributed by atoms with E-state index in [-0.39, 0.29) is 36.2 Å². The first kappa shape index (κ1) is 37.5. The fraction of sp³-hybridized carbons (Fsp3) is 0.500. The number of likely N-dealkylation sites (N-methyl/N-ethyl adjacent to an activating group) is 1. The average molecular weight is 771 g/mol. The summed E-state index contributed by atoms with van der Waals surface area (Å²) >= 11 is 0. The predicted molar refractivity (Wildman–Crippen MR) is 206 cm³/mol. The van der Waals surface area contributed by atoms with Crippen molar-refractivity contribution in [2.24, 2.45) is 11.7 Å². The monoisotopic (exact) mass is 770 g/mol. The summed E-state index contributed by atoms with van der Waals surface area (Å²) in [6.45, 7) is 7.08. The van der Waals surface area contributed by atoms with Crippen molar-refractivity contribution in [2.45, 2.75) is 56.4 Å². The molecule has 5 aliphatic heterocycles. The van der Waals surface area contributed by atoms with Crippen LogP contribution >= 0.6 is 0 Å². The van der Waals surface area contributed by atoms with E-state index in [1.54, 1.807) is 11.1 Å². The third kappa shape index (κ3) is 7.71. The van der Waals surface area contributed by atoms with Crippen molar-refractivity contribution >= 4 is 46.8 Å². The Morgan fingerprint density at radius 2 is 1.66 bits per heavy atom. The van der Waals surface area contributed by atoms with Crippen LogP contribution in [0.15, 0.2) is 42.6 Å². The minimum atomic E-state index is -1.01. The Hall–Kier alpha value is -5.38. The highest BCUT2D eigenvalue weighted by molar-refractivity contribution is 6.01. The summed E-state index contributed by atoms with van der Waals surface area (Å²) in [5.41, 5.74) is 7.96. The molecule has 14 nitrogen and oxygen atoms in total. The summed E-state index contributed by atoms with van der Waals surface area (Å²) in [4.78, 5) is 68.1. The third-order valence-corrected chi connectivity index (χ3v) is 12.1. The van der Waals surface area contributed by atoms with Gasteiger partial charge in [-0.25, -0.2) is 23.5 Å². The standard InChI is InChI=1S/C40H48F2N10O4/c1-48-15-16-52(40(48)56)28-3-2-12-50(23-28)33-19-44-36(37(43)54)38(46-33)45-27-6-4-25(5-7-27)26-10-13-49(14-11-26)20-24-21-51(22-24)29-17-31(41)35(32(42)18-29)30-8-9-34(53)47-39(30)55/h4-7,17-19,24,26,28,30H,2-3,8-16,20-23H2,1H3,(H2,43,54)(H,45,46)(H,47,53,55)/t28-,30-/m1/s1. The van der Waals surface area contributed by atoms with Crippen molar-refractivity contribution in [2.75, 3.05) is 81.1 Å². The maximum atomic E-state index is 15.1. The summed E-state index contributed by atoms with van der Waals surface area (Å²) in [5, 5.41) is 5.45. The molecule has 4 N–H and O–H groups in total. The summed E-state index contributed by atoms with van der Waals surface area (Å²) in [5.74, 6) is -2.55. The molecule has 3 aromatic rings. The van der Waals surface area contributed by atoms with E-state index >= 15 is 8.78 Å². The largest absolute Gasteiger partial charge is 0.371 e. The van der Waals surface area contributed by atoms with Crippen LogP contribution < -0.4 is 26.2 Å². The van der Waals surface area contributed by atoms with Gasteiger partial charge in [-0.05, 0) is 80.9 Å². The number of carbonyl (C=O) groups excluding carboxylic acids is 4. The van der Waals surface area contributed by atoms with E-state index in [1.807, 2.05) is 29.0 Å². The number of nitrogens with zero attached hydrogens (tertiary/aromatic N) is 7. The summed E-state index contributed by atoms with van der Waals surface area (Å²) in [6.07, 6.45) is 5.59. The van der Waals surface area contributed by atoms with E-state index in [0.717, 1.165) is 64.1 Å². The normalized spacial score (nSPS) is 22.7. The molecule has 56 heavy (non-hydrogen) atoms. The van der Waals surface area contributed by atoms with Crippen LogP contribution in [-0.4, -0.2) is 120 Å². The number of rotatable bonds is 10. The van der Waals surface area contributed by atoms with E-state index in [1.165, 1.54) is 17.7 Å². The molecule has 0 aliphatic carbocycles. The zero-order valence-electron chi connectivity index (χ0n) is 31.6. The first-order chi connectivity index (χ1) is 27.0. The molecule has 1 aromatic heterocycles. The number of amides is 5. The Labute approximate surface area is 324 Å². The van der Waals surface area contributed by atoms with E-state index in [0.29, 0.717) is 55.3 Å². The highest BCUT2D eigenvalue weighted by Gasteiger charge is 2.37. The van der Waals surface area contributed by atoms with Crippen LogP contribution in [0.25, 0.3) is 0 Å². The Balaban J connectivity index is 0.826. The lowest BCUT2D eigenvalue weighted by Gasteiger charge is -2.44. The molecular weight excluding hydrogens is 723 g/mol. The Kier molecular flexibility index (Phi) is 10.5. The highest BCUT2D eigenvalue weighted by Crippen LogP contribution is 2.36. The van der Waals surface area contributed by atoms with Crippen molar-refractivity contribution in [1.29, 1.82) is 0 Å². The van der Waals surface area contributed by atoms with Crippen LogP contribution in [0, 0.1) is 17.6 Å². The van der Waals surface area contributed by atoms with E-state index in [2.05, 4.69) is 37.6 Å². The number of likely N-dealkylation sites (tertiary alicyclic amines) is 1. The SMILES string of the molecule is CN1CCN([C@@H]2CCCN(c3cnc(C(N)=O)c(Nc4ccc(C5CCN(CC6CN(c7cc(F)c([C@H]8CCC(=O)NC8=O)c(F)c7)C6)CC5)cc4)n3)C2)C1=O. The van der Waals surface area contributed by atoms with Crippen LogP contribution in [-0.2, 0) is 9.59 Å². The van der Waals surface area contributed by atoms with Gasteiger partial charge in [-0.15, -0.1) is 0 Å². The zero-order chi connectivity index (χ0) is 39.1. The molecule has 0 spiro atoms. The van der Waals surface area contributed by atoms with E-state index < -0.39 is 35.3 Å². The van der Waals surface area contributed by atoms with Crippen LogP contribution in [0.1, 0.15) is 72.0 Å². The number of piperidine rings is 3. The third-order valence-electron chi connectivity index (χ3n) is 12.1. The number of nitrogens with two attached hydrogens (primary N) is 1. The lowest BCUT2D eigenvalue weighted by atomic mass is 9.88. The number of anilines is 4. The van der Waals surface area contributed by atoms with Crippen LogP contribution in [0.4, 0.5) is 36.6 Å². The first-order valence-corrected chi connectivity index (χ1v) is 19.6. The number of aromatic nitrogens is 2. The lowest BCUT2D eigenvalue weighted by Crippen LogP contribution is -2.52. The topological polar surface area (TPSA) is 160 Å². The van der Waals surface area contributed by atoms with Gasteiger partial charge in [0, 0.05) is 82.1 Å². The summed E-state index contributed by atoms with van der Waals surface area (Å²) in [6, 6.07) is 10.9. The number of imide groups is 1. The summed E-state index contributed by atoms with van der Waals surface area (Å²) < 4.78 is 30.1. The number of hydrogen-bond acceptors (Lipinski definition) is 10. The van der Waals surface area contributed by atoms with Crippen LogP contribution in [0.2, 0.25) is 0 Å². The molecule has 5 aliphatic rings. The van der Waals surface area contributed by atoms with Crippen molar-refractivity contribution < 1.29 is 28.0 Å². The van der Waals surface area contributed by atoms with Gasteiger partial charge in [0.15, 0.2) is 11.5 Å². The van der Waals surface area contributed by atoms with Crippen molar-refractivity contribution in [3.05, 3.63) is 71.1 Å². The van der Waals surface area contributed by atoms with E-state index in [9.17, 15) is 19.2 Å². The van der Waals surface area contributed by atoms with Crippen LogP contribution in [0.5, 0.6) is 0 Å². The van der Waals surface area contributed by atoms with Gasteiger partial charge in [0.05, 0.1) is 18.2 Å². The Morgan fingerprint density at radius 1 is 0.929 bits per heavy atom. The number of urea groups is 1. The molecule has 5 amide bonds. The summed E-state index contributed by atoms with van der Waals surface area (Å²) in [7, 11) is 1.82. The molecule has 6 heterocycles. The second kappa shape index (κ2) is 15.6. The average Bonchev–Trinajstić information content (AvgIpc) is 3.51. The highest BCUT2D eigenvalue weighted by atomic mass is 19.1. The van der Waals surface area contributed by atoms with E-state index in [4.69, 9.17) is 10.7 Å². The van der Waals surface area contributed by atoms with Gasteiger partial charge in [0.1, 0.15) is 17.5 Å². The Morgan fingerprint density at radius 3 is 2.32 bits per heavy atom. The predicted octanol–water partition coefficient (Wildman–Crippen LogP) is 3.77. The lowest BCUT2D eigenvalue weighted by molar-refractivity contribution is -0.134. The fourth-order valence-electron chi connectivity index (χ4n) is 8.96. The van der Waals surface area contributed by atoms with Gasteiger partial charge in [-0.1, -0.05) is 12.1 Å². The molecule has 0 saturated carbocycles. The minimum absolute atomic E-state index is 0.0543. The molecule has 5 fully saturated rings. The van der Waals surface area contributed by atoms with Gasteiger partial charge < -0.3 is 35.6 Å². The molecule has 0 radical (unpaired) electrons. The molecule has 8 rings (SSSR count). The van der Waals surface area contributed by atoms with Gasteiger partial charge in [-0.3, -0.25) is 19.7 Å². The molecular formula is C40H48F2N10O4. The number of carbonyl (C=O) groups is 4. The minimum Gasteiger partial charge on any atom is -0.371 e. The number of hydrogen-bond donors (Lipinski definition) is 3. The number of halogens is 2. The molecule has 2 aromatic carbocycles.